The third kappa shape index (κ3) is 4.72. The normalized spacial score (nSPS) is 12.4. The molecule has 1 amide bonds. The molecule has 1 aromatic carbocycles. The molecule has 0 aliphatic heterocycles. The fraction of sp³-hybridized carbons (Fsp3) is 0.400. The van der Waals surface area contributed by atoms with Crippen LogP contribution in [0.4, 0.5) is 5.69 Å². The number of anilines is 1. The molecule has 0 unspecified atom stereocenters. The molecule has 7 heteroatoms. The molecule has 0 radical (unpaired) electrons. The number of nitrogens with zero attached hydrogens (tertiary/aromatic N) is 3. The first-order valence-corrected chi connectivity index (χ1v) is 9.54. The van der Waals surface area contributed by atoms with Crippen molar-refractivity contribution in [3.8, 4) is 0 Å². The van der Waals surface area contributed by atoms with Crippen LogP contribution in [0.15, 0.2) is 39.0 Å². The molecule has 0 saturated carbocycles. The van der Waals surface area contributed by atoms with Gasteiger partial charge in [-0.25, -0.2) is 0 Å². The van der Waals surface area contributed by atoms with E-state index >= 15 is 0 Å². The molecular formula is C15H19N3OS3. The van der Waals surface area contributed by atoms with Gasteiger partial charge in [0.2, 0.25) is 5.91 Å². The molecule has 1 heterocycles. The standard InChI is InChI=1S/C15H19N3OS3/c1-10(2)20-14-16-17-15(22-14)21-11(3)13(19)18(4)12-8-6-5-7-9-12/h5-11H,1-4H3/t11-/m1/s1. The lowest BCUT2D eigenvalue weighted by atomic mass is 10.3. The van der Waals surface area contributed by atoms with E-state index in [1.54, 1.807) is 35.0 Å². The maximum absolute atomic E-state index is 12.5. The summed E-state index contributed by atoms with van der Waals surface area (Å²) in [5.41, 5.74) is 0.897. The molecule has 0 N–H and O–H groups in total. The van der Waals surface area contributed by atoms with Gasteiger partial charge < -0.3 is 4.90 Å². The van der Waals surface area contributed by atoms with E-state index in [0.29, 0.717) is 5.25 Å². The van der Waals surface area contributed by atoms with Gasteiger partial charge >= 0.3 is 0 Å². The highest BCUT2D eigenvalue weighted by molar-refractivity contribution is 8.04. The van der Waals surface area contributed by atoms with Crippen LogP contribution in [0, 0.1) is 0 Å². The Bertz CT molecular complexity index is 616. The zero-order valence-electron chi connectivity index (χ0n) is 13.0. The highest BCUT2D eigenvalue weighted by Crippen LogP contribution is 2.33. The number of para-hydroxylation sites is 1. The van der Waals surface area contributed by atoms with Crippen molar-refractivity contribution in [3.05, 3.63) is 30.3 Å². The number of benzene rings is 1. The van der Waals surface area contributed by atoms with Gasteiger partial charge in [0.1, 0.15) is 0 Å². The second-order valence-corrected chi connectivity index (χ2v) is 9.38. The Hall–Kier alpha value is -1.05. The SMILES string of the molecule is CC(C)Sc1nnc(S[C@H](C)C(=O)N(C)c2ccccc2)s1. The predicted octanol–water partition coefficient (Wildman–Crippen LogP) is 4.18. The third-order valence-electron chi connectivity index (χ3n) is 2.82. The number of amides is 1. The van der Waals surface area contributed by atoms with E-state index in [-0.39, 0.29) is 11.2 Å². The van der Waals surface area contributed by atoms with Crippen LogP contribution < -0.4 is 4.90 Å². The number of carbonyl (C=O) groups excluding carboxylic acids is 1. The molecule has 1 atom stereocenters. The van der Waals surface area contributed by atoms with E-state index in [2.05, 4.69) is 24.0 Å². The smallest absolute Gasteiger partial charge is 0.240 e. The van der Waals surface area contributed by atoms with E-state index in [1.165, 1.54) is 11.8 Å². The molecular weight excluding hydrogens is 334 g/mol. The van der Waals surface area contributed by atoms with E-state index in [0.717, 1.165) is 14.4 Å². The topological polar surface area (TPSA) is 46.1 Å². The van der Waals surface area contributed by atoms with Crippen molar-refractivity contribution in [3.63, 3.8) is 0 Å². The van der Waals surface area contributed by atoms with Crippen LogP contribution in [0.1, 0.15) is 20.8 Å². The Morgan fingerprint density at radius 2 is 1.68 bits per heavy atom. The minimum Gasteiger partial charge on any atom is -0.315 e. The van der Waals surface area contributed by atoms with E-state index in [1.807, 2.05) is 37.3 Å². The van der Waals surface area contributed by atoms with Crippen molar-refractivity contribution in [2.45, 2.75) is 40.0 Å². The van der Waals surface area contributed by atoms with Gasteiger partial charge in [-0.2, -0.15) is 0 Å². The summed E-state index contributed by atoms with van der Waals surface area (Å²) in [6.45, 7) is 6.16. The second-order valence-electron chi connectivity index (χ2n) is 4.99. The number of thioether (sulfide) groups is 2. The lowest BCUT2D eigenvalue weighted by Gasteiger charge is -2.20. The van der Waals surface area contributed by atoms with Crippen LogP contribution in [0.5, 0.6) is 0 Å². The van der Waals surface area contributed by atoms with Crippen LogP contribution in [0.3, 0.4) is 0 Å². The van der Waals surface area contributed by atoms with Crippen molar-refractivity contribution in [1.29, 1.82) is 0 Å². The van der Waals surface area contributed by atoms with Crippen molar-refractivity contribution in [1.82, 2.24) is 10.2 Å². The van der Waals surface area contributed by atoms with Crippen molar-refractivity contribution < 1.29 is 4.79 Å². The molecule has 0 spiro atoms. The number of rotatable bonds is 6. The van der Waals surface area contributed by atoms with Gasteiger partial charge in [-0.05, 0) is 19.1 Å². The van der Waals surface area contributed by atoms with Crippen LogP contribution in [-0.4, -0.2) is 33.7 Å². The molecule has 22 heavy (non-hydrogen) atoms. The summed E-state index contributed by atoms with van der Waals surface area (Å²) in [7, 11) is 1.80. The number of hydrogen-bond acceptors (Lipinski definition) is 6. The minimum atomic E-state index is -0.199. The van der Waals surface area contributed by atoms with Gasteiger partial charge in [0.05, 0.1) is 5.25 Å². The van der Waals surface area contributed by atoms with Crippen LogP contribution >= 0.6 is 34.9 Å². The summed E-state index contributed by atoms with van der Waals surface area (Å²) in [5, 5.41) is 8.60. The van der Waals surface area contributed by atoms with Crippen molar-refractivity contribution in [2.24, 2.45) is 0 Å². The average molecular weight is 354 g/mol. The maximum atomic E-state index is 12.5. The lowest BCUT2D eigenvalue weighted by molar-refractivity contribution is -0.117. The lowest BCUT2D eigenvalue weighted by Crippen LogP contribution is -2.33. The molecule has 118 valence electrons. The molecule has 0 aliphatic carbocycles. The molecule has 2 rings (SSSR count). The van der Waals surface area contributed by atoms with E-state index < -0.39 is 0 Å². The number of hydrogen-bond donors (Lipinski definition) is 0. The Labute approximate surface area is 143 Å². The predicted molar refractivity (Wildman–Crippen MR) is 96.1 cm³/mol. The Morgan fingerprint density at radius 3 is 2.27 bits per heavy atom. The van der Waals surface area contributed by atoms with Gasteiger partial charge in [-0.1, -0.05) is 66.9 Å². The fourth-order valence-electron chi connectivity index (χ4n) is 1.75. The van der Waals surface area contributed by atoms with Crippen LogP contribution in [0.2, 0.25) is 0 Å². The molecule has 0 saturated heterocycles. The van der Waals surface area contributed by atoms with Gasteiger partial charge in [0, 0.05) is 18.0 Å². The van der Waals surface area contributed by atoms with Crippen molar-refractivity contribution >= 4 is 46.5 Å². The molecule has 0 aliphatic rings. The molecule has 4 nitrogen and oxygen atoms in total. The van der Waals surface area contributed by atoms with Gasteiger partial charge in [-0.3, -0.25) is 4.79 Å². The highest BCUT2D eigenvalue weighted by Gasteiger charge is 2.21. The summed E-state index contributed by atoms with van der Waals surface area (Å²) in [5.74, 6) is 0.0597. The molecule has 0 bridgehead atoms. The summed E-state index contributed by atoms with van der Waals surface area (Å²) in [6.07, 6.45) is 0. The maximum Gasteiger partial charge on any atom is 0.240 e. The minimum absolute atomic E-state index is 0.0597. The van der Waals surface area contributed by atoms with Crippen LogP contribution in [-0.2, 0) is 4.79 Å². The van der Waals surface area contributed by atoms with E-state index in [4.69, 9.17) is 0 Å². The first-order chi connectivity index (χ1) is 10.5. The number of carbonyl (C=O) groups is 1. The molecule has 2 aromatic rings. The quantitative estimate of drug-likeness (QED) is 0.729. The summed E-state index contributed by atoms with van der Waals surface area (Å²) >= 11 is 4.70. The Balaban J connectivity index is 1.98. The first-order valence-electron chi connectivity index (χ1n) is 6.97. The summed E-state index contributed by atoms with van der Waals surface area (Å²) in [6, 6.07) is 9.65. The van der Waals surface area contributed by atoms with E-state index in [9.17, 15) is 4.79 Å². The highest BCUT2D eigenvalue weighted by atomic mass is 32.2. The average Bonchev–Trinajstić information content (AvgIpc) is 2.92. The second kappa shape index (κ2) is 7.99. The van der Waals surface area contributed by atoms with Crippen LogP contribution in [0.25, 0.3) is 0 Å². The first kappa shape index (κ1) is 17.3. The third-order valence-corrected chi connectivity index (χ3v) is 6.01. The van der Waals surface area contributed by atoms with Crippen molar-refractivity contribution in [2.75, 3.05) is 11.9 Å². The zero-order valence-corrected chi connectivity index (χ0v) is 15.5. The Kier molecular flexibility index (Phi) is 6.28. The number of aromatic nitrogens is 2. The van der Waals surface area contributed by atoms with Gasteiger partial charge in [0.15, 0.2) is 8.68 Å². The zero-order chi connectivity index (χ0) is 16.1. The summed E-state index contributed by atoms with van der Waals surface area (Å²) < 4.78 is 1.79. The fourth-order valence-corrected chi connectivity index (χ4v) is 5.23. The van der Waals surface area contributed by atoms with Gasteiger partial charge in [-0.15, -0.1) is 10.2 Å². The molecule has 0 fully saturated rings. The summed E-state index contributed by atoms with van der Waals surface area (Å²) in [4.78, 5) is 14.2. The monoisotopic (exact) mass is 353 g/mol. The molecule has 1 aromatic heterocycles. The largest absolute Gasteiger partial charge is 0.315 e. The Morgan fingerprint density at radius 1 is 1.09 bits per heavy atom. The van der Waals surface area contributed by atoms with Gasteiger partial charge in [0.25, 0.3) is 0 Å².